The van der Waals surface area contributed by atoms with Crippen molar-refractivity contribution >= 4 is 21.6 Å². The molecule has 1 N–H and O–H groups in total. The largest absolute Gasteiger partial charge is 0.244 e. The Labute approximate surface area is 116 Å². The predicted octanol–water partition coefficient (Wildman–Crippen LogP) is 1.61. The third kappa shape index (κ3) is 3.31. The molecule has 2 aromatic heterocycles. The first kappa shape index (κ1) is 14.0. The van der Waals surface area contributed by atoms with Crippen molar-refractivity contribution in [3.8, 4) is 5.69 Å². The van der Waals surface area contributed by atoms with Crippen LogP contribution in [-0.2, 0) is 10.0 Å². The van der Waals surface area contributed by atoms with Gasteiger partial charge in [0, 0.05) is 18.8 Å². The van der Waals surface area contributed by atoms with E-state index in [4.69, 9.17) is 11.6 Å². The first-order chi connectivity index (χ1) is 9.03. The van der Waals surface area contributed by atoms with Crippen LogP contribution < -0.4 is 4.72 Å². The highest BCUT2D eigenvalue weighted by atomic mass is 35.5. The first-order valence-electron chi connectivity index (χ1n) is 5.69. The smallest absolute Gasteiger partial charge is 0.243 e. The van der Waals surface area contributed by atoms with E-state index in [1.54, 1.807) is 12.1 Å². The molecule has 102 valence electrons. The van der Waals surface area contributed by atoms with Crippen molar-refractivity contribution in [2.24, 2.45) is 0 Å². The molecule has 0 aromatic carbocycles. The summed E-state index contributed by atoms with van der Waals surface area (Å²) in [4.78, 5) is 3.97. The maximum atomic E-state index is 11.9. The van der Waals surface area contributed by atoms with Crippen LogP contribution in [0.5, 0.6) is 0 Å². The zero-order valence-corrected chi connectivity index (χ0v) is 11.8. The van der Waals surface area contributed by atoms with Gasteiger partial charge in [0.15, 0.2) is 0 Å². The van der Waals surface area contributed by atoms with E-state index in [0.29, 0.717) is 17.4 Å². The molecule has 0 saturated heterocycles. The molecule has 0 radical (unpaired) electrons. The summed E-state index contributed by atoms with van der Waals surface area (Å²) < 4.78 is 27.7. The third-order valence-electron chi connectivity index (χ3n) is 2.39. The summed E-state index contributed by atoms with van der Waals surface area (Å²) in [5, 5.41) is 4.33. The van der Waals surface area contributed by atoms with Gasteiger partial charge in [0.2, 0.25) is 10.0 Å². The molecular formula is C11H13ClN4O2S. The van der Waals surface area contributed by atoms with Crippen LogP contribution in [-0.4, -0.2) is 29.7 Å². The van der Waals surface area contributed by atoms with E-state index in [1.807, 2.05) is 6.92 Å². The number of hydrogen-bond donors (Lipinski definition) is 1. The van der Waals surface area contributed by atoms with Crippen LogP contribution in [0.1, 0.15) is 13.3 Å². The highest BCUT2D eigenvalue weighted by Gasteiger charge is 2.15. The van der Waals surface area contributed by atoms with E-state index in [0.717, 1.165) is 6.42 Å². The van der Waals surface area contributed by atoms with Crippen molar-refractivity contribution in [3.63, 3.8) is 0 Å². The predicted molar refractivity (Wildman–Crippen MR) is 71.8 cm³/mol. The number of halogens is 1. The van der Waals surface area contributed by atoms with Crippen LogP contribution in [0, 0.1) is 0 Å². The van der Waals surface area contributed by atoms with Crippen LogP contribution in [0.4, 0.5) is 0 Å². The second kappa shape index (κ2) is 5.68. The fraction of sp³-hybridized carbons (Fsp3) is 0.273. The van der Waals surface area contributed by atoms with Gasteiger partial charge in [-0.25, -0.2) is 22.8 Å². The van der Waals surface area contributed by atoms with E-state index < -0.39 is 10.0 Å². The molecule has 19 heavy (non-hydrogen) atoms. The maximum absolute atomic E-state index is 11.9. The summed E-state index contributed by atoms with van der Waals surface area (Å²) in [6.07, 6.45) is 4.99. The molecular weight excluding hydrogens is 288 g/mol. The van der Waals surface area contributed by atoms with Crippen LogP contribution in [0.15, 0.2) is 35.6 Å². The topological polar surface area (TPSA) is 76.9 Å². The highest BCUT2D eigenvalue weighted by molar-refractivity contribution is 7.89. The minimum Gasteiger partial charge on any atom is -0.244 e. The Bertz CT molecular complexity index is 669. The summed E-state index contributed by atoms with van der Waals surface area (Å²) in [5.41, 5.74) is 0.650. The Morgan fingerprint density at radius 2 is 2.26 bits per heavy atom. The van der Waals surface area contributed by atoms with Crippen LogP contribution in [0.25, 0.3) is 5.69 Å². The minimum atomic E-state index is -3.50. The Balaban J connectivity index is 2.29. The average Bonchev–Trinajstić information content (AvgIpc) is 2.87. The van der Waals surface area contributed by atoms with Crippen molar-refractivity contribution in [2.45, 2.75) is 18.2 Å². The lowest BCUT2D eigenvalue weighted by atomic mass is 10.4. The molecule has 0 saturated carbocycles. The minimum absolute atomic E-state index is 0.119. The van der Waals surface area contributed by atoms with Crippen molar-refractivity contribution in [3.05, 3.63) is 35.9 Å². The molecule has 0 unspecified atom stereocenters. The van der Waals surface area contributed by atoms with Gasteiger partial charge in [-0.2, -0.15) is 5.10 Å². The number of sulfonamides is 1. The number of nitrogens with one attached hydrogen (secondary N) is 1. The first-order valence-corrected chi connectivity index (χ1v) is 7.55. The van der Waals surface area contributed by atoms with Crippen LogP contribution in [0.2, 0.25) is 5.15 Å². The monoisotopic (exact) mass is 300 g/mol. The molecule has 0 aliphatic rings. The number of hydrogen-bond acceptors (Lipinski definition) is 4. The Morgan fingerprint density at radius 1 is 1.47 bits per heavy atom. The fourth-order valence-corrected chi connectivity index (χ4v) is 2.67. The van der Waals surface area contributed by atoms with Crippen LogP contribution >= 0.6 is 11.6 Å². The molecule has 0 aliphatic carbocycles. The number of rotatable bonds is 5. The lowest BCUT2D eigenvalue weighted by Crippen LogP contribution is -2.23. The summed E-state index contributed by atoms with van der Waals surface area (Å²) in [6.45, 7) is 2.29. The molecule has 0 atom stereocenters. The van der Waals surface area contributed by atoms with Gasteiger partial charge in [0.1, 0.15) is 10.0 Å². The number of aromatic nitrogens is 3. The molecule has 0 fully saturated rings. The summed E-state index contributed by atoms with van der Waals surface area (Å²) in [5.74, 6) is 0. The molecule has 2 heterocycles. The quantitative estimate of drug-likeness (QED) is 0.851. The van der Waals surface area contributed by atoms with Gasteiger partial charge in [0.25, 0.3) is 0 Å². The lowest BCUT2D eigenvalue weighted by molar-refractivity contribution is 0.581. The zero-order chi connectivity index (χ0) is 13.9. The van der Waals surface area contributed by atoms with Gasteiger partial charge in [-0.1, -0.05) is 18.5 Å². The van der Waals surface area contributed by atoms with Gasteiger partial charge >= 0.3 is 0 Å². The van der Waals surface area contributed by atoms with Crippen molar-refractivity contribution in [2.75, 3.05) is 6.54 Å². The molecule has 0 bridgehead atoms. The van der Waals surface area contributed by atoms with E-state index in [9.17, 15) is 8.42 Å². The molecule has 2 aromatic rings. The average molecular weight is 301 g/mol. The van der Waals surface area contributed by atoms with Crippen molar-refractivity contribution in [1.82, 2.24) is 19.5 Å². The fourth-order valence-electron chi connectivity index (χ4n) is 1.44. The Kier molecular flexibility index (Phi) is 4.18. The van der Waals surface area contributed by atoms with Crippen molar-refractivity contribution in [1.29, 1.82) is 0 Å². The Morgan fingerprint density at radius 3 is 2.95 bits per heavy atom. The second-order valence-electron chi connectivity index (χ2n) is 3.86. The normalized spacial score (nSPS) is 11.7. The van der Waals surface area contributed by atoms with Crippen molar-refractivity contribution < 1.29 is 8.42 Å². The van der Waals surface area contributed by atoms with Gasteiger partial charge in [-0.3, -0.25) is 0 Å². The van der Waals surface area contributed by atoms with Gasteiger partial charge in [0.05, 0.1) is 18.1 Å². The molecule has 0 spiro atoms. The molecule has 0 amide bonds. The third-order valence-corrected chi connectivity index (χ3v) is 4.01. The SMILES string of the molecule is CCCNS(=O)(=O)c1cnn(-c2ccnc(Cl)c2)c1. The lowest BCUT2D eigenvalue weighted by Gasteiger charge is -2.02. The van der Waals surface area contributed by atoms with E-state index in [-0.39, 0.29) is 4.90 Å². The maximum Gasteiger partial charge on any atom is 0.243 e. The molecule has 0 aliphatic heterocycles. The molecule has 8 heteroatoms. The summed E-state index contributed by atoms with van der Waals surface area (Å²) in [6, 6.07) is 3.29. The zero-order valence-electron chi connectivity index (χ0n) is 10.2. The van der Waals surface area contributed by atoms with E-state index >= 15 is 0 Å². The molecule has 6 nitrogen and oxygen atoms in total. The Hall–Kier alpha value is -1.44. The van der Waals surface area contributed by atoms with E-state index in [1.165, 1.54) is 23.3 Å². The van der Waals surface area contributed by atoms with Crippen LogP contribution in [0.3, 0.4) is 0 Å². The molecule has 2 rings (SSSR count). The summed E-state index contributed by atoms with van der Waals surface area (Å²) in [7, 11) is -3.50. The number of nitrogens with zero attached hydrogens (tertiary/aromatic N) is 3. The summed E-state index contributed by atoms with van der Waals surface area (Å²) >= 11 is 5.78. The van der Waals surface area contributed by atoms with E-state index in [2.05, 4.69) is 14.8 Å². The van der Waals surface area contributed by atoms with Gasteiger partial charge in [-0.15, -0.1) is 0 Å². The standard InChI is InChI=1S/C11H13ClN4O2S/c1-2-4-15-19(17,18)10-7-14-16(8-10)9-3-5-13-11(12)6-9/h3,5-8,15H,2,4H2,1H3. The highest BCUT2D eigenvalue weighted by Crippen LogP contribution is 2.14. The number of pyridine rings is 1. The second-order valence-corrected chi connectivity index (χ2v) is 6.01. The van der Waals surface area contributed by atoms with Gasteiger partial charge < -0.3 is 0 Å². The van der Waals surface area contributed by atoms with Gasteiger partial charge in [-0.05, 0) is 12.5 Å².